The molecule has 0 radical (unpaired) electrons. The van der Waals surface area contributed by atoms with Crippen molar-refractivity contribution in [1.82, 2.24) is 24.9 Å². The Kier molecular flexibility index (Phi) is 5.34. The zero-order valence-electron chi connectivity index (χ0n) is 14.2. The lowest BCUT2D eigenvalue weighted by atomic mass is 10.1. The molecule has 0 saturated carbocycles. The van der Waals surface area contributed by atoms with Crippen LogP contribution in [0.5, 0.6) is 0 Å². The van der Waals surface area contributed by atoms with E-state index in [2.05, 4.69) is 10.4 Å². The molecule has 1 fully saturated rings. The molecule has 8 heteroatoms. The van der Waals surface area contributed by atoms with Gasteiger partial charge in [-0.3, -0.25) is 9.48 Å². The minimum Gasteiger partial charge on any atom is -0.383 e. The van der Waals surface area contributed by atoms with Crippen molar-refractivity contribution in [3.05, 3.63) is 17.5 Å². The van der Waals surface area contributed by atoms with E-state index in [0.717, 1.165) is 31.5 Å². The summed E-state index contributed by atoms with van der Waals surface area (Å²) in [7, 11) is 1.60. The molecule has 3 heterocycles. The first-order valence-electron chi connectivity index (χ1n) is 8.57. The highest BCUT2D eigenvalue weighted by molar-refractivity contribution is 5.92. The largest absolute Gasteiger partial charge is 0.383 e. The normalized spacial score (nSPS) is 17.5. The van der Waals surface area contributed by atoms with Gasteiger partial charge in [0.25, 0.3) is 5.91 Å². The number of ether oxygens (including phenoxy) is 1. The van der Waals surface area contributed by atoms with Gasteiger partial charge in [0.1, 0.15) is 0 Å². The number of carbonyl (C=O) groups excluding carboxylic acids is 2. The molecule has 132 valence electrons. The van der Waals surface area contributed by atoms with Crippen LogP contribution in [0.25, 0.3) is 0 Å². The monoisotopic (exact) mass is 335 g/mol. The molecule has 2 aliphatic heterocycles. The molecule has 0 atom stereocenters. The van der Waals surface area contributed by atoms with Crippen molar-refractivity contribution in [2.24, 2.45) is 0 Å². The molecular weight excluding hydrogens is 310 g/mol. The third-order valence-corrected chi connectivity index (χ3v) is 4.57. The Morgan fingerprint density at radius 3 is 2.62 bits per heavy atom. The lowest BCUT2D eigenvalue weighted by Crippen LogP contribution is -2.53. The van der Waals surface area contributed by atoms with Gasteiger partial charge in [0.2, 0.25) is 0 Å². The predicted octanol–water partition coefficient (Wildman–Crippen LogP) is 0.333. The Morgan fingerprint density at radius 2 is 1.92 bits per heavy atom. The van der Waals surface area contributed by atoms with Crippen LogP contribution in [0.3, 0.4) is 0 Å². The number of piperazine rings is 1. The van der Waals surface area contributed by atoms with Gasteiger partial charge in [-0.2, -0.15) is 5.10 Å². The van der Waals surface area contributed by atoms with Crippen molar-refractivity contribution < 1.29 is 14.3 Å². The average molecular weight is 335 g/mol. The molecule has 0 aliphatic carbocycles. The summed E-state index contributed by atoms with van der Waals surface area (Å²) in [6, 6.07) is 1.82. The summed E-state index contributed by atoms with van der Waals surface area (Å²) >= 11 is 0. The van der Waals surface area contributed by atoms with Gasteiger partial charge < -0.3 is 19.9 Å². The number of urea groups is 1. The number of aromatic nitrogens is 2. The van der Waals surface area contributed by atoms with Gasteiger partial charge in [0, 0.05) is 52.1 Å². The highest BCUT2D eigenvalue weighted by atomic mass is 16.5. The molecule has 0 spiro atoms. The lowest BCUT2D eigenvalue weighted by Gasteiger charge is -2.34. The van der Waals surface area contributed by atoms with Gasteiger partial charge in [0.15, 0.2) is 5.69 Å². The molecule has 3 rings (SSSR count). The number of nitrogens with zero attached hydrogens (tertiary/aromatic N) is 4. The number of aryl methyl sites for hydroxylation is 2. The minimum absolute atomic E-state index is 0.0312. The molecule has 0 aromatic carbocycles. The predicted molar refractivity (Wildman–Crippen MR) is 87.9 cm³/mol. The molecule has 1 aromatic heterocycles. The number of fused-ring (bicyclic) bond motifs is 1. The summed E-state index contributed by atoms with van der Waals surface area (Å²) in [6.45, 7) is 4.05. The van der Waals surface area contributed by atoms with Crippen molar-refractivity contribution in [3.8, 4) is 0 Å². The molecule has 8 nitrogen and oxygen atoms in total. The van der Waals surface area contributed by atoms with E-state index >= 15 is 0 Å². The minimum atomic E-state index is -0.100. The summed E-state index contributed by atoms with van der Waals surface area (Å²) in [5, 5.41) is 7.25. The number of nitrogens with one attached hydrogen (secondary N) is 1. The zero-order chi connectivity index (χ0) is 16.9. The summed E-state index contributed by atoms with van der Waals surface area (Å²) < 4.78 is 6.87. The van der Waals surface area contributed by atoms with Crippen molar-refractivity contribution in [2.45, 2.75) is 25.8 Å². The van der Waals surface area contributed by atoms with Crippen molar-refractivity contribution in [1.29, 1.82) is 0 Å². The molecule has 2 aliphatic rings. The van der Waals surface area contributed by atoms with Crippen LogP contribution in [0, 0.1) is 0 Å². The fourth-order valence-corrected chi connectivity index (χ4v) is 3.17. The van der Waals surface area contributed by atoms with E-state index in [1.54, 1.807) is 16.9 Å². The molecule has 3 amide bonds. The second-order valence-electron chi connectivity index (χ2n) is 6.21. The van der Waals surface area contributed by atoms with E-state index in [9.17, 15) is 9.59 Å². The fourth-order valence-electron chi connectivity index (χ4n) is 3.17. The Balaban J connectivity index is 1.51. The third kappa shape index (κ3) is 3.69. The number of rotatable bonds is 4. The molecular formula is C16H25N5O3. The average Bonchev–Trinajstić information content (AvgIpc) is 3.05. The van der Waals surface area contributed by atoms with Crippen LogP contribution in [0.2, 0.25) is 0 Å². The first-order valence-corrected chi connectivity index (χ1v) is 8.57. The maximum atomic E-state index is 12.6. The molecule has 1 aromatic rings. The number of carbonyl (C=O) groups is 2. The van der Waals surface area contributed by atoms with Crippen LogP contribution in [0.4, 0.5) is 4.79 Å². The first-order chi connectivity index (χ1) is 11.7. The van der Waals surface area contributed by atoms with E-state index in [4.69, 9.17) is 4.74 Å². The molecule has 1 N–H and O–H groups in total. The first kappa shape index (κ1) is 16.8. The van der Waals surface area contributed by atoms with Crippen LogP contribution in [-0.2, 0) is 17.7 Å². The summed E-state index contributed by atoms with van der Waals surface area (Å²) in [6.07, 6.45) is 3.28. The van der Waals surface area contributed by atoms with Crippen LogP contribution < -0.4 is 5.32 Å². The lowest BCUT2D eigenvalue weighted by molar-refractivity contribution is 0.0657. The quantitative estimate of drug-likeness (QED) is 0.805. The SMILES string of the molecule is COCCNC(=O)N1CCN(C(=O)c2cc3n(n2)CCCC3)CC1. The van der Waals surface area contributed by atoms with E-state index in [0.29, 0.717) is 45.0 Å². The molecule has 0 unspecified atom stereocenters. The summed E-state index contributed by atoms with van der Waals surface area (Å²) in [4.78, 5) is 28.1. The Labute approximate surface area is 141 Å². The summed E-state index contributed by atoms with van der Waals surface area (Å²) in [5.41, 5.74) is 1.69. The molecule has 1 saturated heterocycles. The fraction of sp³-hybridized carbons (Fsp3) is 0.688. The topological polar surface area (TPSA) is 79.7 Å². The van der Waals surface area contributed by atoms with Gasteiger partial charge >= 0.3 is 6.03 Å². The van der Waals surface area contributed by atoms with Gasteiger partial charge in [0.05, 0.1) is 6.61 Å². The van der Waals surface area contributed by atoms with Crippen LogP contribution >= 0.6 is 0 Å². The van der Waals surface area contributed by atoms with Gasteiger partial charge in [-0.15, -0.1) is 0 Å². The van der Waals surface area contributed by atoms with Crippen LogP contribution in [0.15, 0.2) is 6.07 Å². The van der Waals surface area contributed by atoms with Gasteiger partial charge in [-0.1, -0.05) is 0 Å². The van der Waals surface area contributed by atoms with E-state index in [-0.39, 0.29) is 11.9 Å². The van der Waals surface area contributed by atoms with Gasteiger partial charge in [-0.25, -0.2) is 4.79 Å². The molecule has 24 heavy (non-hydrogen) atoms. The Hall–Kier alpha value is -2.09. The van der Waals surface area contributed by atoms with Crippen molar-refractivity contribution in [2.75, 3.05) is 46.4 Å². The number of methoxy groups -OCH3 is 1. The Bertz CT molecular complexity index is 569. The summed E-state index contributed by atoms with van der Waals surface area (Å²) in [5.74, 6) is -0.0312. The standard InChI is InChI=1S/C16H25N5O3/c1-24-11-5-17-16(23)20-9-7-19(8-10-20)15(22)14-12-13-4-2-3-6-21(13)18-14/h12H,2-11H2,1H3,(H,17,23). The van der Waals surface area contributed by atoms with E-state index in [1.165, 1.54) is 0 Å². The maximum absolute atomic E-state index is 12.6. The number of hydrogen-bond acceptors (Lipinski definition) is 4. The number of amides is 3. The maximum Gasteiger partial charge on any atom is 0.317 e. The van der Waals surface area contributed by atoms with Crippen LogP contribution in [-0.4, -0.2) is 78.0 Å². The Morgan fingerprint density at radius 1 is 1.17 bits per heavy atom. The van der Waals surface area contributed by atoms with Crippen LogP contribution in [0.1, 0.15) is 29.0 Å². The third-order valence-electron chi connectivity index (χ3n) is 4.57. The van der Waals surface area contributed by atoms with Gasteiger partial charge in [-0.05, 0) is 25.3 Å². The van der Waals surface area contributed by atoms with Crippen molar-refractivity contribution >= 4 is 11.9 Å². The van der Waals surface area contributed by atoms with E-state index < -0.39 is 0 Å². The highest BCUT2D eigenvalue weighted by Crippen LogP contribution is 2.17. The second-order valence-corrected chi connectivity index (χ2v) is 6.21. The molecule has 0 bridgehead atoms. The second kappa shape index (κ2) is 7.65. The zero-order valence-corrected chi connectivity index (χ0v) is 14.2. The highest BCUT2D eigenvalue weighted by Gasteiger charge is 2.27. The van der Waals surface area contributed by atoms with E-state index in [1.807, 2.05) is 10.7 Å². The van der Waals surface area contributed by atoms with Crippen molar-refractivity contribution in [3.63, 3.8) is 0 Å². The smallest absolute Gasteiger partial charge is 0.317 e. The number of hydrogen-bond donors (Lipinski definition) is 1.